The molecule has 1 saturated heterocycles. The van der Waals surface area contributed by atoms with E-state index >= 15 is 0 Å². The molecular formula is C17H22N4O3S. The van der Waals surface area contributed by atoms with Crippen LogP contribution >= 0.6 is 0 Å². The highest BCUT2D eigenvalue weighted by Gasteiger charge is 2.28. The highest BCUT2D eigenvalue weighted by atomic mass is 32.2. The van der Waals surface area contributed by atoms with E-state index in [4.69, 9.17) is 0 Å². The van der Waals surface area contributed by atoms with Crippen molar-refractivity contribution in [3.63, 3.8) is 0 Å². The van der Waals surface area contributed by atoms with Gasteiger partial charge in [-0.3, -0.25) is 4.79 Å². The third-order valence-electron chi connectivity index (χ3n) is 4.35. The second-order valence-corrected chi connectivity index (χ2v) is 8.10. The molecule has 1 atom stereocenters. The van der Waals surface area contributed by atoms with Gasteiger partial charge in [0.15, 0.2) is 0 Å². The molecule has 1 aromatic heterocycles. The molecule has 0 aliphatic carbocycles. The summed E-state index contributed by atoms with van der Waals surface area (Å²) in [5.41, 5.74) is 1.48. The summed E-state index contributed by atoms with van der Waals surface area (Å²) in [4.78, 5) is 14.6. The Morgan fingerprint density at radius 1 is 1.28 bits per heavy atom. The van der Waals surface area contributed by atoms with Gasteiger partial charge >= 0.3 is 0 Å². The first kappa shape index (κ1) is 17.6. The van der Waals surface area contributed by atoms with Gasteiger partial charge in [0, 0.05) is 37.1 Å². The molecule has 25 heavy (non-hydrogen) atoms. The first-order valence-electron chi connectivity index (χ1n) is 8.30. The van der Waals surface area contributed by atoms with Crippen molar-refractivity contribution in [1.82, 2.24) is 19.4 Å². The second-order valence-electron chi connectivity index (χ2n) is 6.27. The monoisotopic (exact) mass is 362 g/mol. The standard InChI is InChI=1S/C17H22N4O3S/c1-25(23,24)19-13-16-5-2-3-11-20(16)17(22)14-6-8-15(9-7-14)21-12-4-10-18-21/h4,6-10,12,16,19H,2-3,5,11,13H2,1H3. The van der Waals surface area contributed by atoms with Crippen molar-refractivity contribution in [2.45, 2.75) is 25.3 Å². The molecule has 1 amide bonds. The van der Waals surface area contributed by atoms with Gasteiger partial charge in [0.25, 0.3) is 5.91 Å². The molecule has 1 aliphatic heterocycles. The van der Waals surface area contributed by atoms with Crippen LogP contribution in [0, 0.1) is 0 Å². The summed E-state index contributed by atoms with van der Waals surface area (Å²) in [6.07, 6.45) is 7.42. The first-order chi connectivity index (χ1) is 11.9. The number of benzene rings is 1. The average Bonchev–Trinajstić information content (AvgIpc) is 3.14. The van der Waals surface area contributed by atoms with E-state index in [-0.39, 0.29) is 18.5 Å². The molecule has 8 heteroatoms. The molecule has 3 rings (SSSR count). The maximum Gasteiger partial charge on any atom is 0.254 e. The number of nitrogens with one attached hydrogen (secondary N) is 1. The number of piperidine rings is 1. The van der Waals surface area contributed by atoms with Crippen LogP contribution in [0.1, 0.15) is 29.6 Å². The van der Waals surface area contributed by atoms with Crippen LogP contribution in [0.5, 0.6) is 0 Å². The number of likely N-dealkylation sites (tertiary alicyclic amines) is 1. The molecule has 1 aliphatic rings. The highest BCUT2D eigenvalue weighted by Crippen LogP contribution is 2.20. The van der Waals surface area contributed by atoms with Crippen molar-refractivity contribution < 1.29 is 13.2 Å². The number of nitrogens with zero attached hydrogens (tertiary/aromatic N) is 3. The fraction of sp³-hybridized carbons (Fsp3) is 0.412. The van der Waals surface area contributed by atoms with Crippen LogP contribution in [-0.4, -0.2) is 54.4 Å². The van der Waals surface area contributed by atoms with Gasteiger partial charge in [0.05, 0.1) is 11.9 Å². The largest absolute Gasteiger partial charge is 0.334 e. The quantitative estimate of drug-likeness (QED) is 0.872. The van der Waals surface area contributed by atoms with Gasteiger partial charge in [-0.25, -0.2) is 17.8 Å². The Morgan fingerprint density at radius 2 is 2.04 bits per heavy atom. The lowest BCUT2D eigenvalue weighted by Gasteiger charge is -2.35. The molecule has 0 bridgehead atoms. The molecule has 134 valence electrons. The van der Waals surface area contributed by atoms with Gasteiger partial charge in [-0.15, -0.1) is 0 Å². The summed E-state index contributed by atoms with van der Waals surface area (Å²) < 4.78 is 26.9. The lowest BCUT2D eigenvalue weighted by Crippen LogP contribution is -2.49. The number of aromatic nitrogens is 2. The van der Waals surface area contributed by atoms with Gasteiger partial charge in [-0.05, 0) is 49.6 Å². The third-order valence-corrected chi connectivity index (χ3v) is 5.04. The van der Waals surface area contributed by atoms with Gasteiger partial charge in [-0.1, -0.05) is 0 Å². The summed E-state index contributed by atoms with van der Waals surface area (Å²) in [5, 5.41) is 4.17. The summed E-state index contributed by atoms with van der Waals surface area (Å²) in [5.74, 6) is -0.0629. The van der Waals surface area contributed by atoms with Crippen LogP contribution in [-0.2, 0) is 10.0 Å². The Hall–Kier alpha value is -2.19. The fourth-order valence-corrected chi connectivity index (χ4v) is 3.57. The van der Waals surface area contributed by atoms with Crippen molar-refractivity contribution in [3.05, 3.63) is 48.3 Å². The number of amides is 1. The summed E-state index contributed by atoms with van der Waals surface area (Å²) in [7, 11) is -3.27. The molecular weight excluding hydrogens is 340 g/mol. The van der Waals surface area contributed by atoms with Crippen LogP contribution < -0.4 is 4.72 Å². The SMILES string of the molecule is CS(=O)(=O)NCC1CCCCN1C(=O)c1ccc(-n2cccn2)cc1. The Labute approximate surface area is 147 Å². The molecule has 7 nitrogen and oxygen atoms in total. The summed E-state index contributed by atoms with van der Waals surface area (Å²) in [6.45, 7) is 0.909. The van der Waals surface area contributed by atoms with E-state index in [0.717, 1.165) is 31.2 Å². The molecule has 1 fully saturated rings. The molecule has 1 unspecified atom stereocenters. The summed E-state index contributed by atoms with van der Waals surface area (Å²) in [6, 6.07) is 9.01. The minimum Gasteiger partial charge on any atom is -0.334 e. The van der Waals surface area contributed by atoms with Gasteiger partial charge in [-0.2, -0.15) is 5.10 Å². The van der Waals surface area contributed by atoms with Crippen LogP contribution in [0.15, 0.2) is 42.7 Å². The van der Waals surface area contributed by atoms with E-state index in [1.165, 1.54) is 0 Å². The minimum absolute atomic E-state index is 0.0629. The van der Waals surface area contributed by atoms with E-state index in [0.29, 0.717) is 12.1 Å². The van der Waals surface area contributed by atoms with Crippen molar-refractivity contribution in [3.8, 4) is 5.69 Å². The van der Waals surface area contributed by atoms with E-state index in [1.54, 1.807) is 27.9 Å². The predicted octanol–water partition coefficient (Wildman–Crippen LogP) is 1.42. The third kappa shape index (κ3) is 4.46. The Bertz CT molecular complexity index is 816. The summed E-state index contributed by atoms with van der Waals surface area (Å²) >= 11 is 0. The molecule has 0 radical (unpaired) electrons. The van der Waals surface area contributed by atoms with Gasteiger partial charge < -0.3 is 4.90 Å². The van der Waals surface area contributed by atoms with Crippen molar-refractivity contribution >= 4 is 15.9 Å². The number of carbonyl (C=O) groups is 1. The lowest BCUT2D eigenvalue weighted by atomic mass is 10.0. The molecule has 1 N–H and O–H groups in total. The first-order valence-corrected chi connectivity index (χ1v) is 10.2. The van der Waals surface area contributed by atoms with Gasteiger partial charge in [0.2, 0.25) is 10.0 Å². The van der Waals surface area contributed by atoms with E-state index < -0.39 is 10.0 Å². The van der Waals surface area contributed by atoms with Crippen molar-refractivity contribution in [1.29, 1.82) is 0 Å². The second kappa shape index (κ2) is 7.37. The molecule has 2 aromatic rings. The van der Waals surface area contributed by atoms with Gasteiger partial charge in [0.1, 0.15) is 0 Å². The Balaban J connectivity index is 1.73. The van der Waals surface area contributed by atoms with Crippen molar-refractivity contribution in [2.75, 3.05) is 19.3 Å². The smallest absolute Gasteiger partial charge is 0.254 e. The Morgan fingerprint density at radius 3 is 2.68 bits per heavy atom. The number of rotatable bonds is 5. The number of hydrogen-bond acceptors (Lipinski definition) is 4. The topological polar surface area (TPSA) is 84.3 Å². The fourth-order valence-electron chi connectivity index (χ4n) is 3.07. The minimum atomic E-state index is -3.27. The number of carbonyl (C=O) groups excluding carboxylic acids is 1. The lowest BCUT2D eigenvalue weighted by molar-refractivity contribution is 0.0619. The normalized spacial score (nSPS) is 18.3. The molecule has 1 aromatic carbocycles. The number of sulfonamides is 1. The molecule has 2 heterocycles. The maximum atomic E-state index is 12.9. The van der Waals surface area contributed by atoms with E-state index in [2.05, 4.69) is 9.82 Å². The maximum absolute atomic E-state index is 12.9. The number of hydrogen-bond donors (Lipinski definition) is 1. The zero-order valence-electron chi connectivity index (χ0n) is 14.1. The molecule has 0 spiro atoms. The zero-order chi connectivity index (χ0) is 17.9. The average molecular weight is 362 g/mol. The molecule has 0 saturated carbocycles. The van der Waals surface area contributed by atoms with E-state index in [9.17, 15) is 13.2 Å². The van der Waals surface area contributed by atoms with E-state index in [1.807, 2.05) is 24.4 Å². The van der Waals surface area contributed by atoms with Crippen LogP contribution in [0.3, 0.4) is 0 Å². The zero-order valence-corrected chi connectivity index (χ0v) is 14.9. The van der Waals surface area contributed by atoms with Crippen LogP contribution in [0.2, 0.25) is 0 Å². The van der Waals surface area contributed by atoms with Crippen molar-refractivity contribution in [2.24, 2.45) is 0 Å². The van der Waals surface area contributed by atoms with Crippen LogP contribution in [0.4, 0.5) is 0 Å². The van der Waals surface area contributed by atoms with Crippen LogP contribution in [0.25, 0.3) is 5.69 Å². The highest BCUT2D eigenvalue weighted by molar-refractivity contribution is 7.88. The predicted molar refractivity (Wildman–Crippen MR) is 95.1 cm³/mol. The Kier molecular flexibility index (Phi) is 5.19.